The Balaban J connectivity index is 2.81. The van der Waals surface area contributed by atoms with Crippen molar-refractivity contribution in [2.75, 3.05) is 0 Å². The molecule has 9 heteroatoms. The molecule has 0 heterocycles. The average molecular weight is 423 g/mol. The molecule has 0 radical (unpaired) electrons. The fourth-order valence-electron chi connectivity index (χ4n) is 1.97. The Labute approximate surface area is 167 Å². The maximum Gasteiger partial charge on any atom is 0.408 e. The number of carbonyl (C=O) groups is 2. The maximum absolute atomic E-state index is 12.5. The van der Waals surface area contributed by atoms with Gasteiger partial charge in [-0.25, -0.2) is 4.79 Å². The molecular weight excluding hydrogens is 399 g/mol. The number of benzene rings is 1. The molecule has 1 unspecified atom stereocenters. The van der Waals surface area contributed by atoms with Crippen LogP contribution in [0, 0.1) is 5.92 Å². The largest absolute Gasteiger partial charge is 0.588 e. The number of ether oxygens (including phenoxy) is 1. The Morgan fingerprint density at radius 3 is 2.35 bits per heavy atom. The molecule has 2 N–H and O–H groups in total. The van der Waals surface area contributed by atoms with Gasteiger partial charge in [-0.2, -0.15) is 4.72 Å². The summed E-state index contributed by atoms with van der Waals surface area (Å²) in [4.78, 5) is 24.8. The first-order chi connectivity index (χ1) is 11.9. The summed E-state index contributed by atoms with van der Waals surface area (Å²) in [5.41, 5.74) is -0.689. The normalized spacial score (nSPS) is 13.9. The Bertz CT molecular complexity index is 650. The van der Waals surface area contributed by atoms with Crippen LogP contribution in [0.4, 0.5) is 4.79 Å². The molecule has 1 rings (SSSR count). The van der Waals surface area contributed by atoms with Crippen molar-refractivity contribution in [3.8, 4) is 0 Å². The summed E-state index contributed by atoms with van der Waals surface area (Å²) in [5, 5.41) is 3.08. The van der Waals surface area contributed by atoms with Gasteiger partial charge in [0.15, 0.2) is 4.90 Å². The molecule has 2 atom stereocenters. The van der Waals surface area contributed by atoms with Crippen molar-refractivity contribution in [1.29, 1.82) is 0 Å². The van der Waals surface area contributed by atoms with Crippen LogP contribution in [0.15, 0.2) is 23.1 Å². The third-order valence-corrected chi connectivity index (χ3v) is 4.82. The highest BCUT2D eigenvalue weighted by molar-refractivity contribution is 7.90. The van der Waals surface area contributed by atoms with E-state index in [-0.39, 0.29) is 10.9 Å². The highest BCUT2D eigenvalue weighted by Crippen LogP contribution is 2.24. The van der Waals surface area contributed by atoms with Crippen LogP contribution in [0.2, 0.25) is 10.0 Å². The van der Waals surface area contributed by atoms with Crippen molar-refractivity contribution in [3.05, 3.63) is 28.2 Å². The first kappa shape index (κ1) is 22.9. The van der Waals surface area contributed by atoms with Crippen LogP contribution in [0.3, 0.4) is 0 Å². The van der Waals surface area contributed by atoms with Gasteiger partial charge in [0.25, 0.3) is 5.91 Å². The minimum atomic E-state index is -1.84. The van der Waals surface area contributed by atoms with E-state index in [0.717, 1.165) is 0 Å². The molecule has 0 saturated carbocycles. The smallest absolute Gasteiger partial charge is 0.408 e. The molecule has 0 aliphatic rings. The Kier molecular flexibility index (Phi) is 8.53. The van der Waals surface area contributed by atoms with Crippen LogP contribution >= 0.6 is 23.2 Å². The Morgan fingerprint density at radius 1 is 1.23 bits per heavy atom. The molecule has 146 valence electrons. The van der Waals surface area contributed by atoms with Crippen LogP contribution in [-0.2, 0) is 20.9 Å². The van der Waals surface area contributed by atoms with Crippen molar-refractivity contribution in [2.45, 2.75) is 57.6 Å². The fourth-order valence-corrected chi connectivity index (χ4v) is 3.19. The van der Waals surface area contributed by atoms with Crippen LogP contribution < -0.4 is 10.0 Å². The van der Waals surface area contributed by atoms with Gasteiger partial charge in [-0.05, 0) is 45.2 Å². The van der Waals surface area contributed by atoms with Gasteiger partial charge < -0.3 is 14.6 Å². The summed E-state index contributed by atoms with van der Waals surface area (Å²) in [5.74, 6) is -0.451. The van der Waals surface area contributed by atoms with Crippen LogP contribution in [0.1, 0.15) is 41.0 Å². The number of amides is 2. The first-order valence-electron chi connectivity index (χ1n) is 8.06. The van der Waals surface area contributed by atoms with E-state index < -0.39 is 35.0 Å². The Morgan fingerprint density at radius 2 is 1.85 bits per heavy atom. The molecule has 0 fully saturated rings. The number of hydrogen-bond acceptors (Lipinski definition) is 4. The van der Waals surface area contributed by atoms with E-state index in [4.69, 9.17) is 27.9 Å². The van der Waals surface area contributed by atoms with Crippen LogP contribution in [0.5, 0.6) is 0 Å². The van der Waals surface area contributed by atoms with Crippen molar-refractivity contribution >= 4 is 46.6 Å². The molecule has 2 amide bonds. The molecular formula is C17H24Cl2N2O4S. The SMILES string of the molecule is CC(C)C[C@H](NC(=O)OC(C)(C)C)C(=O)N[S+]([O-])c1ccc(Cl)c(Cl)c1. The first-order valence-corrected chi connectivity index (χ1v) is 9.96. The predicted octanol–water partition coefficient (Wildman–Crippen LogP) is 4.07. The highest BCUT2D eigenvalue weighted by Gasteiger charge is 2.28. The number of alkyl carbamates (subject to hydrolysis) is 1. The minimum Gasteiger partial charge on any atom is -0.588 e. The number of nitrogens with one attached hydrogen (secondary N) is 2. The van der Waals surface area contributed by atoms with Gasteiger partial charge in [0.2, 0.25) is 0 Å². The zero-order valence-electron chi connectivity index (χ0n) is 15.4. The van der Waals surface area contributed by atoms with E-state index in [2.05, 4.69) is 10.0 Å². The highest BCUT2D eigenvalue weighted by atomic mass is 35.5. The second-order valence-corrected chi connectivity index (χ2v) is 9.17. The third kappa shape index (κ3) is 8.03. The van der Waals surface area contributed by atoms with Gasteiger partial charge in [-0.15, -0.1) is 0 Å². The number of rotatable bonds is 6. The van der Waals surface area contributed by atoms with Crippen molar-refractivity contribution in [1.82, 2.24) is 10.0 Å². The van der Waals surface area contributed by atoms with Gasteiger partial charge in [0.1, 0.15) is 23.0 Å². The van der Waals surface area contributed by atoms with E-state index >= 15 is 0 Å². The Hall–Kier alpha value is -1.15. The molecule has 1 aromatic rings. The summed E-state index contributed by atoms with van der Waals surface area (Å²) in [6.07, 6.45) is -0.345. The fraction of sp³-hybridized carbons (Fsp3) is 0.529. The van der Waals surface area contributed by atoms with Gasteiger partial charge in [-0.1, -0.05) is 37.0 Å². The van der Waals surface area contributed by atoms with Crippen molar-refractivity contribution in [3.63, 3.8) is 0 Å². The van der Waals surface area contributed by atoms with Crippen LogP contribution in [0.25, 0.3) is 0 Å². The lowest BCUT2D eigenvalue weighted by atomic mass is 10.0. The number of hydrogen-bond donors (Lipinski definition) is 2. The molecule has 0 aliphatic carbocycles. The summed E-state index contributed by atoms with van der Waals surface area (Å²) in [7, 11) is 0. The molecule has 0 aliphatic heterocycles. The quantitative estimate of drug-likeness (QED) is 0.675. The number of halogens is 2. The topological polar surface area (TPSA) is 90.5 Å². The van der Waals surface area contributed by atoms with Crippen molar-refractivity contribution < 1.29 is 18.9 Å². The summed E-state index contributed by atoms with van der Waals surface area (Å²) in [6.45, 7) is 9.00. The van der Waals surface area contributed by atoms with E-state index in [1.54, 1.807) is 20.8 Å². The van der Waals surface area contributed by atoms with E-state index in [0.29, 0.717) is 16.3 Å². The molecule has 6 nitrogen and oxygen atoms in total. The molecule has 0 saturated heterocycles. The second kappa shape index (κ2) is 9.69. The van der Waals surface area contributed by atoms with E-state index in [1.165, 1.54) is 18.2 Å². The zero-order valence-corrected chi connectivity index (χ0v) is 17.7. The summed E-state index contributed by atoms with van der Waals surface area (Å²) in [6, 6.07) is 3.53. The maximum atomic E-state index is 12.5. The minimum absolute atomic E-state index is 0.124. The van der Waals surface area contributed by atoms with Crippen LogP contribution in [-0.4, -0.2) is 28.2 Å². The lowest BCUT2D eigenvalue weighted by Crippen LogP contribution is -2.50. The van der Waals surface area contributed by atoms with Gasteiger partial charge >= 0.3 is 6.09 Å². The monoisotopic (exact) mass is 422 g/mol. The summed E-state index contributed by atoms with van der Waals surface area (Å²) < 4.78 is 19.9. The summed E-state index contributed by atoms with van der Waals surface area (Å²) >= 11 is 9.90. The molecule has 0 aromatic heterocycles. The van der Waals surface area contributed by atoms with E-state index in [9.17, 15) is 14.1 Å². The molecule has 1 aromatic carbocycles. The average Bonchev–Trinajstić information content (AvgIpc) is 2.46. The van der Waals surface area contributed by atoms with Crippen molar-refractivity contribution in [2.24, 2.45) is 5.92 Å². The molecule has 0 bridgehead atoms. The standard InChI is InChI=1S/C17H24Cl2N2O4S/c1-10(2)8-14(20-16(23)25-17(3,4)5)15(22)21-26(24)11-6-7-12(18)13(19)9-11/h6-7,9-10,14H,8H2,1-5H3,(H,20,23)(H,21,22)/t14-,26?/m0/s1. The zero-order chi connectivity index (χ0) is 20.1. The third-order valence-electron chi connectivity index (χ3n) is 3.01. The molecule has 26 heavy (non-hydrogen) atoms. The van der Waals surface area contributed by atoms with Gasteiger partial charge in [0.05, 0.1) is 10.0 Å². The van der Waals surface area contributed by atoms with E-state index in [1.807, 2.05) is 13.8 Å². The number of carbonyl (C=O) groups excluding carboxylic acids is 2. The van der Waals surface area contributed by atoms with Gasteiger partial charge in [-0.3, -0.25) is 4.79 Å². The predicted molar refractivity (Wildman–Crippen MR) is 104 cm³/mol. The van der Waals surface area contributed by atoms with Gasteiger partial charge in [0, 0.05) is 6.07 Å². The lowest BCUT2D eigenvalue weighted by molar-refractivity contribution is -0.121. The molecule has 0 spiro atoms. The lowest BCUT2D eigenvalue weighted by Gasteiger charge is -2.24. The second-order valence-electron chi connectivity index (χ2n) is 7.14.